The Morgan fingerprint density at radius 1 is 1.62 bits per heavy atom. The van der Waals surface area contributed by atoms with Gasteiger partial charge in [0, 0.05) is 18.5 Å². The van der Waals surface area contributed by atoms with Crippen molar-refractivity contribution < 1.29 is 0 Å². The highest BCUT2D eigenvalue weighted by atomic mass is 32.1. The van der Waals surface area contributed by atoms with Crippen LogP contribution in [0.2, 0.25) is 0 Å². The zero-order valence-corrected chi connectivity index (χ0v) is 9.10. The molecule has 1 rings (SSSR count). The van der Waals surface area contributed by atoms with E-state index < -0.39 is 0 Å². The molecule has 2 N–H and O–H groups in total. The van der Waals surface area contributed by atoms with E-state index in [0.29, 0.717) is 0 Å². The average molecular weight is 199 g/mol. The SMILES string of the molecule is CCN(CCCN)c1nc(C)cs1. The van der Waals surface area contributed by atoms with Crippen LogP contribution in [-0.4, -0.2) is 24.6 Å². The lowest BCUT2D eigenvalue weighted by atomic mass is 10.4. The van der Waals surface area contributed by atoms with Gasteiger partial charge in [-0.05, 0) is 26.8 Å². The van der Waals surface area contributed by atoms with E-state index in [1.807, 2.05) is 6.92 Å². The van der Waals surface area contributed by atoms with Crippen molar-refractivity contribution in [1.82, 2.24) is 4.98 Å². The standard InChI is InChI=1S/C9H17N3S/c1-3-12(6-4-5-10)9-11-8(2)7-13-9/h7H,3-6,10H2,1-2H3. The molecule has 0 spiro atoms. The highest BCUT2D eigenvalue weighted by molar-refractivity contribution is 7.13. The Morgan fingerprint density at radius 2 is 2.38 bits per heavy atom. The second kappa shape index (κ2) is 5.19. The van der Waals surface area contributed by atoms with Crippen LogP contribution in [0.1, 0.15) is 19.0 Å². The zero-order valence-electron chi connectivity index (χ0n) is 8.29. The number of rotatable bonds is 5. The lowest BCUT2D eigenvalue weighted by Crippen LogP contribution is -2.25. The number of thiazole rings is 1. The predicted molar refractivity (Wildman–Crippen MR) is 58.4 cm³/mol. The summed E-state index contributed by atoms with van der Waals surface area (Å²) in [6.07, 6.45) is 1.03. The van der Waals surface area contributed by atoms with Crippen molar-refractivity contribution in [3.05, 3.63) is 11.1 Å². The van der Waals surface area contributed by atoms with Crippen LogP contribution in [0.25, 0.3) is 0 Å². The molecular weight excluding hydrogens is 182 g/mol. The molecule has 0 aromatic carbocycles. The average Bonchev–Trinajstić information content (AvgIpc) is 2.54. The van der Waals surface area contributed by atoms with Gasteiger partial charge < -0.3 is 10.6 Å². The van der Waals surface area contributed by atoms with Crippen molar-refractivity contribution in [3.63, 3.8) is 0 Å². The largest absolute Gasteiger partial charge is 0.348 e. The van der Waals surface area contributed by atoms with Gasteiger partial charge >= 0.3 is 0 Å². The number of anilines is 1. The smallest absolute Gasteiger partial charge is 0.185 e. The zero-order chi connectivity index (χ0) is 9.68. The van der Waals surface area contributed by atoms with Crippen LogP contribution in [0.4, 0.5) is 5.13 Å². The van der Waals surface area contributed by atoms with E-state index >= 15 is 0 Å². The van der Waals surface area contributed by atoms with E-state index in [2.05, 4.69) is 22.2 Å². The third kappa shape index (κ3) is 2.97. The molecule has 4 heteroatoms. The number of nitrogens with two attached hydrogens (primary N) is 1. The molecule has 0 fully saturated rings. The minimum absolute atomic E-state index is 0.751. The Kier molecular flexibility index (Phi) is 4.18. The van der Waals surface area contributed by atoms with Crippen molar-refractivity contribution in [1.29, 1.82) is 0 Å². The molecule has 0 aliphatic carbocycles. The van der Waals surface area contributed by atoms with Gasteiger partial charge in [0.1, 0.15) is 0 Å². The summed E-state index contributed by atoms with van der Waals surface area (Å²) >= 11 is 1.71. The molecule has 0 radical (unpaired) electrons. The van der Waals surface area contributed by atoms with E-state index in [1.165, 1.54) is 0 Å². The Hall–Kier alpha value is -0.610. The number of nitrogens with zero attached hydrogens (tertiary/aromatic N) is 2. The summed E-state index contributed by atoms with van der Waals surface area (Å²) in [5, 5.41) is 3.20. The van der Waals surface area contributed by atoms with Crippen LogP contribution >= 0.6 is 11.3 Å². The third-order valence-electron chi connectivity index (χ3n) is 1.89. The lowest BCUT2D eigenvalue weighted by Gasteiger charge is -2.18. The number of hydrogen-bond donors (Lipinski definition) is 1. The normalized spacial score (nSPS) is 10.4. The molecule has 1 aromatic rings. The van der Waals surface area contributed by atoms with Gasteiger partial charge in [0.25, 0.3) is 0 Å². The molecule has 1 heterocycles. The van der Waals surface area contributed by atoms with Crippen molar-refractivity contribution >= 4 is 16.5 Å². The number of aryl methyl sites for hydroxylation is 1. The maximum atomic E-state index is 5.47. The maximum Gasteiger partial charge on any atom is 0.185 e. The van der Waals surface area contributed by atoms with Gasteiger partial charge in [-0.15, -0.1) is 11.3 Å². The van der Waals surface area contributed by atoms with Crippen molar-refractivity contribution in [2.24, 2.45) is 5.73 Å². The summed E-state index contributed by atoms with van der Waals surface area (Å²) < 4.78 is 0. The first kappa shape index (κ1) is 10.5. The molecule has 0 unspecified atom stereocenters. The Morgan fingerprint density at radius 3 is 2.85 bits per heavy atom. The number of aromatic nitrogens is 1. The van der Waals surface area contributed by atoms with E-state index in [4.69, 9.17) is 5.73 Å². The van der Waals surface area contributed by atoms with Crippen molar-refractivity contribution in [3.8, 4) is 0 Å². The second-order valence-corrected chi connectivity index (χ2v) is 3.83. The number of hydrogen-bond acceptors (Lipinski definition) is 4. The molecule has 1 aromatic heterocycles. The summed E-state index contributed by atoms with van der Waals surface area (Å²) in [6.45, 7) is 6.94. The lowest BCUT2D eigenvalue weighted by molar-refractivity contribution is 0.751. The fourth-order valence-corrected chi connectivity index (χ4v) is 2.05. The van der Waals surface area contributed by atoms with Gasteiger partial charge in [-0.2, -0.15) is 0 Å². The van der Waals surface area contributed by atoms with E-state index in [9.17, 15) is 0 Å². The van der Waals surface area contributed by atoms with Crippen LogP contribution in [0, 0.1) is 6.92 Å². The van der Waals surface area contributed by atoms with E-state index in [0.717, 1.165) is 36.9 Å². The van der Waals surface area contributed by atoms with Gasteiger partial charge in [-0.25, -0.2) is 4.98 Å². The molecule has 13 heavy (non-hydrogen) atoms. The second-order valence-electron chi connectivity index (χ2n) is 2.99. The van der Waals surface area contributed by atoms with E-state index in [1.54, 1.807) is 11.3 Å². The van der Waals surface area contributed by atoms with Crippen LogP contribution in [-0.2, 0) is 0 Å². The van der Waals surface area contributed by atoms with Gasteiger partial charge in [0.15, 0.2) is 5.13 Å². The van der Waals surface area contributed by atoms with Gasteiger partial charge in [0.05, 0.1) is 5.69 Å². The Labute approximate surface area is 83.6 Å². The first-order chi connectivity index (χ1) is 6.27. The molecule has 0 amide bonds. The monoisotopic (exact) mass is 199 g/mol. The molecule has 0 aliphatic rings. The Balaban J connectivity index is 2.56. The summed E-state index contributed by atoms with van der Waals surface area (Å²) in [4.78, 5) is 6.71. The quantitative estimate of drug-likeness (QED) is 0.783. The molecule has 0 atom stereocenters. The molecule has 0 bridgehead atoms. The predicted octanol–water partition coefficient (Wildman–Crippen LogP) is 1.63. The topological polar surface area (TPSA) is 42.1 Å². The maximum absolute atomic E-state index is 5.47. The van der Waals surface area contributed by atoms with Gasteiger partial charge in [0.2, 0.25) is 0 Å². The van der Waals surface area contributed by atoms with Crippen molar-refractivity contribution in [2.45, 2.75) is 20.3 Å². The minimum atomic E-state index is 0.751. The molecule has 74 valence electrons. The molecule has 0 saturated heterocycles. The van der Waals surface area contributed by atoms with Crippen molar-refractivity contribution in [2.75, 3.05) is 24.5 Å². The van der Waals surface area contributed by atoms with Crippen LogP contribution in [0.15, 0.2) is 5.38 Å². The first-order valence-corrected chi connectivity index (χ1v) is 5.53. The van der Waals surface area contributed by atoms with Crippen LogP contribution < -0.4 is 10.6 Å². The molecule has 0 aliphatic heterocycles. The summed E-state index contributed by atoms with van der Waals surface area (Å²) in [7, 11) is 0. The molecule has 0 saturated carbocycles. The summed E-state index contributed by atoms with van der Waals surface area (Å²) in [6, 6.07) is 0. The fourth-order valence-electron chi connectivity index (χ4n) is 1.16. The fraction of sp³-hybridized carbons (Fsp3) is 0.667. The third-order valence-corrected chi connectivity index (χ3v) is 2.91. The highest BCUT2D eigenvalue weighted by Crippen LogP contribution is 2.19. The van der Waals surface area contributed by atoms with Crippen LogP contribution in [0.5, 0.6) is 0 Å². The molecule has 3 nitrogen and oxygen atoms in total. The van der Waals surface area contributed by atoms with E-state index in [-0.39, 0.29) is 0 Å². The molecular formula is C9H17N3S. The minimum Gasteiger partial charge on any atom is -0.348 e. The van der Waals surface area contributed by atoms with Gasteiger partial charge in [-0.1, -0.05) is 0 Å². The first-order valence-electron chi connectivity index (χ1n) is 4.65. The van der Waals surface area contributed by atoms with Crippen LogP contribution in [0.3, 0.4) is 0 Å². The Bertz CT molecular complexity index is 247. The highest BCUT2D eigenvalue weighted by Gasteiger charge is 2.06. The summed E-state index contributed by atoms with van der Waals surface area (Å²) in [5.41, 5.74) is 6.57. The summed E-state index contributed by atoms with van der Waals surface area (Å²) in [5.74, 6) is 0. The van der Waals surface area contributed by atoms with Gasteiger partial charge in [-0.3, -0.25) is 0 Å².